The number of fused-ring (bicyclic) bond motifs is 1. The summed E-state index contributed by atoms with van der Waals surface area (Å²) in [5.74, 6) is 0.163. The summed E-state index contributed by atoms with van der Waals surface area (Å²) in [7, 11) is 1.66. The summed E-state index contributed by atoms with van der Waals surface area (Å²) in [6, 6.07) is 1.88. The minimum Gasteiger partial charge on any atom is -0.496 e. The average Bonchev–Trinajstić information content (AvgIpc) is 3.31. The number of ether oxygens (including phenoxy) is 3. The van der Waals surface area contributed by atoms with E-state index in [0.717, 1.165) is 29.7 Å². The second kappa shape index (κ2) is 6.60. The molecule has 152 valence electrons. The zero-order valence-corrected chi connectivity index (χ0v) is 17.2. The largest absolute Gasteiger partial charge is 0.496 e. The fourth-order valence-electron chi connectivity index (χ4n) is 6.07. The molecule has 1 aromatic rings. The number of carbonyl (C=O) groups excluding carboxylic acids is 1. The van der Waals surface area contributed by atoms with Gasteiger partial charge >= 0.3 is 0 Å². The summed E-state index contributed by atoms with van der Waals surface area (Å²) in [4.78, 5) is 13.3. The maximum Gasteiger partial charge on any atom is 0.174 e. The molecule has 1 aromatic heterocycles. The lowest BCUT2D eigenvalue weighted by Crippen LogP contribution is -2.63. The van der Waals surface area contributed by atoms with Crippen LogP contribution in [0.3, 0.4) is 0 Å². The number of ketones is 1. The van der Waals surface area contributed by atoms with E-state index in [1.807, 2.05) is 6.07 Å². The van der Waals surface area contributed by atoms with E-state index in [1.54, 1.807) is 19.6 Å². The molecule has 0 unspecified atom stereocenters. The number of allylic oxidation sites excluding steroid dienone is 2. The maximum absolute atomic E-state index is 13.3. The molecule has 1 saturated heterocycles. The maximum atomic E-state index is 13.3. The molecular weight excluding hydrogens is 356 g/mol. The molecule has 0 amide bonds. The summed E-state index contributed by atoms with van der Waals surface area (Å²) >= 11 is 0. The van der Waals surface area contributed by atoms with Gasteiger partial charge < -0.3 is 18.6 Å². The van der Waals surface area contributed by atoms with E-state index in [9.17, 15) is 4.79 Å². The fourth-order valence-corrected chi connectivity index (χ4v) is 6.07. The molecule has 2 saturated carbocycles. The molecule has 0 bridgehead atoms. The first-order chi connectivity index (χ1) is 13.2. The van der Waals surface area contributed by atoms with E-state index in [-0.39, 0.29) is 23.0 Å². The van der Waals surface area contributed by atoms with Crippen LogP contribution in [-0.2, 0) is 19.0 Å². The Morgan fingerprint density at radius 3 is 2.57 bits per heavy atom. The third-order valence-corrected chi connectivity index (χ3v) is 7.33. The van der Waals surface area contributed by atoms with E-state index in [1.165, 1.54) is 0 Å². The smallest absolute Gasteiger partial charge is 0.174 e. The molecule has 0 aromatic carbocycles. The Labute approximate surface area is 166 Å². The zero-order chi connectivity index (χ0) is 20.2. The number of hydrogen-bond donors (Lipinski definition) is 0. The first kappa shape index (κ1) is 19.5. The van der Waals surface area contributed by atoms with Crippen LogP contribution in [0, 0.1) is 22.7 Å². The molecule has 2 aliphatic carbocycles. The molecule has 4 rings (SSSR count). The third kappa shape index (κ3) is 2.63. The van der Waals surface area contributed by atoms with Gasteiger partial charge in [0.1, 0.15) is 17.8 Å². The Morgan fingerprint density at radius 1 is 1.25 bits per heavy atom. The highest BCUT2D eigenvalue weighted by Gasteiger charge is 2.66. The molecule has 28 heavy (non-hydrogen) atoms. The van der Waals surface area contributed by atoms with Crippen molar-refractivity contribution in [2.24, 2.45) is 22.7 Å². The van der Waals surface area contributed by atoms with Gasteiger partial charge in [-0.05, 0) is 24.0 Å². The molecule has 1 aliphatic heterocycles. The van der Waals surface area contributed by atoms with Crippen LogP contribution in [0.15, 0.2) is 41.2 Å². The summed E-state index contributed by atoms with van der Waals surface area (Å²) < 4.78 is 23.1. The Kier molecular flexibility index (Phi) is 4.59. The number of hydrogen-bond acceptors (Lipinski definition) is 5. The van der Waals surface area contributed by atoms with Crippen molar-refractivity contribution in [3.63, 3.8) is 0 Å². The van der Waals surface area contributed by atoms with Crippen molar-refractivity contribution in [1.82, 2.24) is 0 Å². The van der Waals surface area contributed by atoms with Crippen LogP contribution in [0.2, 0.25) is 0 Å². The Hall–Kier alpha value is -1.85. The number of carbonyl (C=O) groups is 1. The first-order valence-corrected chi connectivity index (χ1v) is 10.0. The summed E-state index contributed by atoms with van der Waals surface area (Å²) in [6.45, 7) is 11.9. The zero-order valence-electron chi connectivity index (χ0n) is 17.2. The molecule has 3 fully saturated rings. The number of rotatable bonds is 3. The van der Waals surface area contributed by atoms with Gasteiger partial charge in [0.2, 0.25) is 0 Å². The number of Topliss-reactive ketones (excluding diaryl/α,β-unsaturated/α-hetero) is 1. The lowest BCUT2D eigenvalue weighted by molar-refractivity contribution is -0.282. The molecule has 3 atom stereocenters. The highest BCUT2D eigenvalue weighted by molar-refractivity contribution is 5.87. The summed E-state index contributed by atoms with van der Waals surface area (Å²) in [5, 5.41) is 0. The van der Waals surface area contributed by atoms with Gasteiger partial charge in [-0.15, -0.1) is 0 Å². The SMILES string of the molecule is C=C1CC(=O)[C@H]2C(C)(C)C3(CC[C@]2(C)[C@H]1/C=C(\OC)c1ccoc1)OCCO3. The standard InChI is InChI=1S/C23H30O5/c1-15-12-18(24)20-21(2,3)23(27-10-11-28-23)8-7-22(20,4)17(15)13-19(25-5)16-6-9-26-14-16/h6,9,13-14,17,20H,1,7-8,10-12H2,2-5H3/b19-13-/t17-,20-,22+/m0/s1. The lowest BCUT2D eigenvalue weighted by atomic mass is 9.45. The van der Waals surface area contributed by atoms with Gasteiger partial charge in [0.05, 0.1) is 32.2 Å². The molecule has 1 spiro atoms. The molecule has 5 nitrogen and oxygen atoms in total. The normalized spacial score (nSPS) is 34.5. The van der Waals surface area contributed by atoms with Crippen molar-refractivity contribution in [1.29, 1.82) is 0 Å². The first-order valence-electron chi connectivity index (χ1n) is 10.0. The predicted molar refractivity (Wildman–Crippen MR) is 105 cm³/mol. The molecule has 5 heteroatoms. The van der Waals surface area contributed by atoms with Crippen LogP contribution in [0.25, 0.3) is 5.76 Å². The van der Waals surface area contributed by atoms with Gasteiger partial charge in [0.25, 0.3) is 0 Å². The van der Waals surface area contributed by atoms with E-state index < -0.39 is 11.2 Å². The highest BCUT2D eigenvalue weighted by Crippen LogP contribution is 2.64. The van der Waals surface area contributed by atoms with Crippen molar-refractivity contribution in [2.75, 3.05) is 20.3 Å². The van der Waals surface area contributed by atoms with Gasteiger partial charge in [-0.25, -0.2) is 0 Å². The van der Waals surface area contributed by atoms with Gasteiger partial charge in [0.15, 0.2) is 5.79 Å². The molecular formula is C23H30O5. The quantitative estimate of drug-likeness (QED) is 0.561. The van der Waals surface area contributed by atoms with Crippen molar-refractivity contribution < 1.29 is 23.4 Å². The van der Waals surface area contributed by atoms with Gasteiger partial charge in [-0.1, -0.05) is 32.9 Å². The van der Waals surface area contributed by atoms with Crippen LogP contribution in [0.1, 0.15) is 45.6 Å². The third-order valence-electron chi connectivity index (χ3n) is 7.33. The monoisotopic (exact) mass is 386 g/mol. The fraction of sp³-hybridized carbons (Fsp3) is 0.609. The minimum atomic E-state index is -0.672. The van der Waals surface area contributed by atoms with Crippen LogP contribution in [-0.4, -0.2) is 31.9 Å². The summed E-state index contributed by atoms with van der Waals surface area (Å²) in [5.41, 5.74) is 1.14. The number of methoxy groups -OCH3 is 1. The van der Waals surface area contributed by atoms with Crippen molar-refractivity contribution in [3.05, 3.63) is 42.4 Å². The molecule has 0 N–H and O–H groups in total. The van der Waals surface area contributed by atoms with Crippen LogP contribution < -0.4 is 0 Å². The lowest BCUT2D eigenvalue weighted by Gasteiger charge is -2.61. The molecule has 2 heterocycles. The summed E-state index contributed by atoms with van der Waals surface area (Å²) in [6.07, 6.45) is 7.40. The topological polar surface area (TPSA) is 57.9 Å². The van der Waals surface area contributed by atoms with E-state index in [2.05, 4.69) is 33.4 Å². The highest BCUT2D eigenvalue weighted by atomic mass is 16.7. The second-order valence-electron chi connectivity index (χ2n) is 9.14. The Morgan fingerprint density at radius 2 is 1.96 bits per heavy atom. The minimum absolute atomic E-state index is 0.0260. The van der Waals surface area contributed by atoms with Crippen molar-refractivity contribution >= 4 is 11.5 Å². The van der Waals surface area contributed by atoms with Gasteiger partial charge in [-0.2, -0.15) is 0 Å². The molecule has 3 aliphatic rings. The van der Waals surface area contributed by atoms with Crippen molar-refractivity contribution in [2.45, 2.75) is 45.8 Å². The second-order valence-corrected chi connectivity index (χ2v) is 9.14. The van der Waals surface area contributed by atoms with Crippen LogP contribution >= 0.6 is 0 Å². The van der Waals surface area contributed by atoms with Crippen LogP contribution in [0.4, 0.5) is 0 Å². The van der Waals surface area contributed by atoms with Crippen LogP contribution in [0.5, 0.6) is 0 Å². The Balaban J connectivity index is 1.78. The van der Waals surface area contributed by atoms with Crippen molar-refractivity contribution in [3.8, 4) is 0 Å². The van der Waals surface area contributed by atoms with Gasteiger partial charge in [-0.3, -0.25) is 4.79 Å². The van der Waals surface area contributed by atoms with E-state index in [0.29, 0.717) is 19.6 Å². The predicted octanol–water partition coefficient (Wildman–Crippen LogP) is 4.60. The molecule has 0 radical (unpaired) electrons. The van der Waals surface area contributed by atoms with Gasteiger partial charge in [0, 0.05) is 30.1 Å². The van der Waals surface area contributed by atoms with E-state index in [4.69, 9.17) is 18.6 Å². The average molecular weight is 386 g/mol. The van der Waals surface area contributed by atoms with E-state index >= 15 is 0 Å². The number of furan rings is 1. The Bertz CT molecular complexity index is 797.